The first-order valence-corrected chi connectivity index (χ1v) is 15.0. The number of phenolic OH excluding ortho intramolecular Hbond substituents is 1. The van der Waals surface area contributed by atoms with Crippen LogP contribution in [0.2, 0.25) is 0 Å². The molecule has 0 aliphatic heterocycles. The van der Waals surface area contributed by atoms with Crippen molar-refractivity contribution < 1.29 is 34.4 Å². The minimum Gasteiger partial charge on any atom is -0.507 e. The first-order chi connectivity index (χ1) is 19.5. The molecule has 7 nitrogen and oxygen atoms in total. The number of fused-ring (bicyclic) bond motifs is 1. The van der Waals surface area contributed by atoms with Gasteiger partial charge < -0.3 is 24.8 Å². The van der Waals surface area contributed by atoms with Crippen LogP contribution in [0.1, 0.15) is 83.8 Å². The summed E-state index contributed by atoms with van der Waals surface area (Å²) < 4.78 is 12.1. The number of phenols is 1. The highest BCUT2D eigenvalue weighted by molar-refractivity contribution is 6.04. The lowest BCUT2D eigenvalue weighted by molar-refractivity contribution is -0.151. The molecule has 0 saturated heterocycles. The van der Waals surface area contributed by atoms with Crippen LogP contribution in [0.25, 0.3) is 0 Å². The molecule has 41 heavy (non-hydrogen) atoms. The van der Waals surface area contributed by atoms with Gasteiger partial charge in [0.05, 0.1) is 18.6 Å². The van der Waals surface area contributed by atoms with Crippen LogP contribution in [0.5, 0.6) is 11.5 Å². The number of aliphatic hydroxyl groups is 1. The third kappa shape index (κ3) is 6.17. The van der Waals surface area contributed by atoms with Gasteiger partial charge in [-0.15, -0.1) is 0 Å². The maximum atomic E-state index is 12.7. The van der Waals surface area contributed by atoms with E-state index in [4.69, 9.17) is 9.47 Å². The molecule has 3 aliphatic rings. The maximum Gasteiger partial charge on any atom is 0.332 e. The highest BCUT2D eigenvalue weighted by atomic mass is 16.7. The molecule has 0 spiro atoms. The summed E-state index contributed by atoms with van der Waals surface area (Å²) in [6.07, 6.45) is 7.38. The lowest BCUT2D eigenvalue weighted by Crippen LogP contribution is -2.53. The zero-order valence-corrected chi connectivity index (χ0v) is 25.1. The Labute approximate surface area is 243 Å². The molecule has 1 aromatic rings. The highest BCUT2D eigenvalue weighted by Crippen LogP contribution is 2.55. The molecule has 7 atom stereocenters. The summed E-state index contributed by atoms with van der Waals surface area (Å²) in [5.41, 5.74) is 4.74. The molecule has 0 radical (unpaired) electrons. The van der Waals surface area contributed by atoms with Gasteiger partial charge in [0.2, 0.25) is 0 Å². The van der Waals surface area contributed by atoms with E-state index in [1.165, 1.54) is 5.57 Å². The van der Waals surface area contributed by atoms with Crippen molar-refractivity contribution in [3.05, 3.63) is 58.2 Å². The van der Waals surface area contributed by atoms with Gasteiger partial charge in [0.25, 0.3) is 0 Å². The Morgan fingerprint density at radius 1 is 1.24 bits per heavy atom. The van der Waals surface area contributed by atoms with Crippen LogP contribution in [0.4, 0.5) is 0 Å². The molecule has 0 amide bonds. The zero-order chi connectivity index (χ0) is 30.0. The number of hydrogen-bond acceptors (Lipinski definition) is 6. The topological polar surface area (TPSA) is 113 Å². The smallest absolute Gasteiger partial charge is 0.332 e. The van der Waals surface area contributed by atoms with E-state index in [2.05, 4.69) is 26.5 Å². The van der Waals surface area contributed by atoms with E-state index in [-0.39, 0.29) is 54.2 Å². The van der Waals surface area contributed by atoms with E-state index in [0.717, 1.165) is 55.2 Å². The van der Waals surface area contributed by atoms with Crippen LogP contribution < -0.4 is 4.74 Å². The van der Waals surface area contributed by atoms with Gasteiger partial charge in [-0.1, -0.05) is 50.5 Å². The number of ketones is 1. The largest absolute Gasteiger partial charge is 0.507 e. The summed E-state index contributed by atoms with van der Waals surface area (Å²) in [6.45, 7) is 13.9. The third-order valence-corrected chi connectivity index (χ3v) is 9.49. The summed E-state index contributed by atoms with van der Waals surface area (Å²) in [7, 11) is 0. The van der Waals surface area contributed by atoms with Crippen LogP contribution in [-0.2, 0) is 20.7 Å². The van der Waals surface area contributed by atoms with Crippen LogP contribution in [-0.4, -0.2) is 46.6 Å². The number of carbonyl (C=O) groups is 2. The summed E-state index contributed by atoms with van der Waals surface area (Å²) in [6, 6.07) is 3.84. The van der Waals surface area contributed by atoms with E-state index in [1.54, 1.807) is 6.92 Å². The van der Waals surface area contributed by atoms with E-state index in [1.807, 2.05) is 26.0 Å². The molecule has 7 heteroatoms. The average molecular weight is 567 g/mol. The van der Waals surface area contributed by atoms with Crippen molar-refractivity contribution in [3.8, 4) is 11.5 Å². The second-order valence-electron chi connectivity index (χ2n) is 12.4. The van der Waals surface area contributed by atoms with Gasteiger partial charge in [0, 0.05) is 23.0 Å². The number of aliphatic hydroxyl groups excluding tert-OH is 1. The fraction of sp³-hybridized carbons (Fsp3) is 0.588. The van der Waals surface area contributed by atoms with Crippen molar-refractivity contribution in [2.75, 3.05) is 13.4 Å². The molecule has 0 heterocycles. The van der Waals surface area contributed by atoms with E-state index in [9.17, 15) is 24.9 Å². The van der Waals surface area contributed by atoms with Crippen LogP contribution in [0.15, 0.2) is 47.1 Å². The molecule has 2 unspecified atom stereocenters. The number of carboxylic acids is 1. The lowest BCUT2D eigenvalue weighted by atomic mass is 9.59. The Morgan fingerprint density at radius 2 is 1.98 bits per heavy atom. The molecule has 1 saturated carbocycles. The average Bonchev–Trinajstić information content (AvgIpc) is 3.14. The number of aromatic hydroxyl groups is 1. The second kappa shape index (κ2) is 13.0. The number of carboxylic acid groups (broad SMARTS) is 1. The fourth-order valence-corrected chi connectivity index (χ4v) is 7.33. The molecule has 224 valence electrons. The molecule has 3 aliphatic carbocycles. The number of unbranched alkanes of at least 4 members (excludes halogenated alkanes) is 2. The maximum absolute atomic E-state index is 12.7. The summed E-state index contributed by atoms with van der Waals surface area (Å²) in [5.74, 6) is -2.11. The Morgan fingerprint density at radius 3 is 2.61 bits per heavy atom. The predicted octanol–water partition coefficient (Wildman–Crippen LogP) is 6.34. The Bertz CT molecular complexity index is 1240. The van der Waals surface area contributed by atoms with Gasteiger partial charge in [-0.05, 0) is 87.5 Å². The lowest BCUT2D eigenvalue weighted by Gasteiger charge is -2.43. The summed E-state index contributed by atoms with van der Waals surface area (Å²) >= 11 is 0. The number of benzene rings is 1. The standard InChI is InChI=1S/C34H46O7/c1-7-8-9-10-22-14-26(36)30(24-13-19(4)11-12-23(24)18(2)3)27(15-22)41-17-40-16-25-20(5)28-29(21(6)35)33(37)32(28)31(25)34(38)39/h13-15,20-21,23-24,28-29,32,35-36H,2,7-12,16-17H2,1,3-6H3,(H,38,39)/t20-,21+,23-,24+,28?,29+,32?/m0/s1. The number of rotatable bonds is 13. The number of allylic oxidation sites excluding steroid dienone is 3. The molecular weight excluding hydrogens is 520 g/mol. The Kier molecular flexibility index (Phi) is 9.81. The number of aryl methyl sites for hydroxylation is 1. The molecule has 1 aromatic carbocycles. The van der Waals surface area contributed by atoms with Crippen LogP contribution in [0, 0.1) is 29.6 Å². The number of aliphatic carboxylic acids is 1. The van der Waals surface area contributed by atoms with Crippen molar-refractivity contribution in [2.45, 2.75) is 85.2 Å². The molecule has 3 N–H and O–H groups in total. The third-order valence-electron chi connectivity index (χ3n) is 9.49. The molecule has 0 bridgehead atoms. The number of hydrogen-bond donors (Lipinski definition) is 3. The second-order valence-corrected chi connectivity index (χ2v) is 12.4. The van der Waals surface area contributed by atoms with Gasteiger partial charge in [0.1, 0.15) is 17.3 Å². The highest BCUT2D eigenvalue weighted by Gasteiger charge is 2.61. The zero-order valence-electron chi connectivity index (χ0n) is 25.1. The Balaban J connectivity index is 1.56. The van der Waals surface area contributed by atoms with Crippen molar-refractivity contribution in [1.82, 2.24) is 0 Å². The van der Waals surface area contributed by atoms with Gasteiger partial charge in [-0.2, -0.15) is 0 Å². The molecule has 0 aromatic heterocycles. The van der Waals surface area contributed by atoms with Crippen molar-refractivity contribution in [2.24, 2.45) is 29.6 Å². The Hall–Kier alpha value is -2.90. The van der Waals surface area contributed by atoms with E-state index in [0.29, 0.717) is 11.3 Å². The molecule has 1 fully saturated rings. The molecule has 4 rings (SSSR count). The normalized spacial score (nSPS) is 28.1. The molecular formula is C34H46O7. The van der Waals surface area contributed by atoms with Crippen molar-refractivity contribution in [1.29, 1.82) is 0 Å². The number of ether oxygens (including phenoxy) is 2. The first-order valence-electron chi connectivity index (χ1n) is 15.0. The van der Waals surface area contributed by atoms with Crippen LogP contribution in [0.3, 0.4) is 0 Å². The monoisotopic (exact) mass is 566 g/mol. The first kappa shape index (κ1) is 31.0. The van der Waals surface area contributed by atoms with Crippen molar-refractivity contribution in [3.63, 3.8) is 0 Å². The van der Waals surface area contributed by atoms with E-state index < -0.39 is 23.9 Å². The fourth-order valence-electron chi connectivity index (χ4n) is 7.33. The summed E-state index contributed by atoms with van der Waals surface area (Å²) in [4.78, 5) is 24.8. The van der Waals surface area contributed by atoms with Crippen molar-refractivity contribution >= 4 is 11.8 Å². The number of Topliss-reactive ketones (excluding diaryl/α,β-unsaturated/α-hetero) is 1. The minimum atomic E-state index is -1.11. The quantitative estimate of drug-likeness (QED) is 0.145. The summed E-state index contributed by atoms with van der Waals surface area (Å²) in [5, 5.41) is 31.3. The van der Waals surface area contributed by atoms with Crippen LogP contribution >= 0.6 is 0 Å². The van der Waals surface area contributed by atoms with Gasteiger partial charge in [-0.3, -0.25) is 4.79 Å². The van der Waals surface area contributed by atoms with Gasteiger partial charge in [0.15, 0.2) is 6.79 Å². The van der Waals surface area contributed by atoms with Gasteiger partial charge in [-0.25, -0.2) is 4.79 Å². The van der Waals surface area contributed by atoms with Gasteiger partial charge >= 0.3 is 5.97 Å². The number of carbonyl (C=O) groups excluding carboxylic acids is 1. The predicted molar refractivity (Wildman–Crippen MR) is 158 cm³/mol. The minimum absolute atomic E-state index is 0.0178. The van der Waals surface area contributed by atoms with E-state index >= 15 is 0 Å². The SMILES string of the molecule is C=C(C)[C@@H]1CCC(C)=C[C@H]1c1c(O)cc(CCCCC)cc1OCOCC1=C(C(=O)O)C2C(=O)[C@H]([C@@H](C)O)C2[C@H]1C.